The van der Waals surface area contributed by atoms with Crippen LogP contribution in [0.5, 0.6) is 0 Å². The van der Waals surface area contributed by atoms with E-state index in [1.54, 1.807) is 0 Å². The summed E-state index contributed by atoms with van der Waals surface area (Å²) in [5, 5.41) is 4.40. The first-order valence-electron chi connectivity index (χ1n) is 5.70. The Bertz CT molecular complexity index is 146. The maximum absolute atomic E-state index is 2.27. The normalized spacial score (nSPS) is 11.9. The summed E-state index contributed by atoms with van der Waals surface area (Å²) < 4.78 is 0. The molecule has 0 aromatic heterocycles. The van der Waals surface area contributed by atoms with Crippen LogP contribution in [0.15, 0.2) is 23.0 Å². The fourth-order valence-electron chi connectivity index (χ4n) is 0.927. The molecule has 3 heteroatoms. The largest absolute Gasteiger partial charge is 0.0773 e. The summed E-state index contributed by atoms with van der Waals surface area (Å²) in [5.41, 5.74) is 0. The molecule has 88 valence electrons. The van der Waals surface area contributed by atoms with Crippen LogP contribution in [0.2, 0.25) is 0 Å². The molecule has 0 aliphatic carbocycles. The lowest BCUT2D eigenvalue weighted by Crippen LogP contribution is -1.64. The number of allylic oxidation sites excluding steroid dienone is 2. The highest BCUT2D eigenvalue weighted by molar-refractivity contribution is 9.10. The van der Waals surface area contributed by atoms with E-state index in [9.17, 15) is 0 Å². The molecule has 0 aliphatic rings. The van der Waals surface area contributed by atoms with E-state index >= 15 is 0 Å². The number of rotatable bonds is 10. The van der Waals surface area contributed by atoms with Gasteiger partial charge in [0.15, 0.2) is 0 Å². The lowest BCUT2D eigenvalue weighted by molar-refractivity contribution is 0.815. The highest BCUT2D eigenvalue weighted by atomic mass is 33.5. The summed E-state index contributed by atoms with van der Waals surface area (Å²) in [6.07, 6.45) is 12.2. The number of hydrogen-bond acceptors (Lipinski definition) is 3. The minimum atomic E-state index is 1.22. The van der Waals surface area contributed by atoms with Crippen molar-refractivity contribution in [2.75, 3.05) is 0 Å². The molecule has 0 aromatic carbocycles. The zero-order valence-corrected chi connectivity index (χ0v) is 12.2. The Balaban J connectivity index is 3.10. The minimum absolute atomic E-state index is 1.22. The predicted octanol–water partition coefficient (Wildman–Crippen LogP) is 6.42. The van der Waals surface area contributed by atoms with Crippen LogP contribution in [-0.2, 0) is 0 Å². The maximum atomic E-state index is 2.27. The van der Waals surface area contributed by atoms with Gasteiger partial charge in [0.2, 0.25) is 0 Å². The summed E-state index contributed by atoms with van der Waals surface area (Å²) in [5.74, 6) is 0. The van der Waals surface area contributed by atoms with Gasteiger partial charge in [-0.15, -0.1) is 0 Å². The molecule has 0 fully saturated rings. The molecular formula is C12H22S3. The van der Waals surface area contributed by atoms with E-state index in [4.69, 9.17) is 0 Å². The van der Waals surface area contributed by atoms with E-state index in [1.165, 1.54) is 38.5 Å². The van der Waals surface area contributed by atoms with E-state index in [2.05, 4.69) is 36.8 Å². The van der Waals surface area contributed by atoms with Crippen LogP contribution in [0.1, 0.15) is 52.4 Å². The zero-order chi connectivity index (χ0) is 11.2. The van der Waals surface area contributed by atoms with Crippen molar-refractivity contribution in [2.24, 2.45) is 0 Å². The molecule has 0 spiro atoms. The van der Waals surface area contributed by atoms with E-state index in [0.29, 0.717) is 0 Å². The molecule has 0 rings (SSSR count). The van der Waals surface area contributed by atoms with Gasteiger partial charge in [-0.2, -0.15) is 0 Å². The van der Waals surface area contributed by atoms with Crippen molar-refractivity contribution < 1.29 is 0 Å². The van der Waals surface area contributed by atoms with E-state index < -0.39 is 0 Å². The fourth-order valence-corrected chi connectivity index (χ4v) is 3.60. The molecule has 0 saturated carbocycles. The minimum Gasteiger partial charge on any atom is -0.0773 e. The first-order valence-corrected chi connectivity index (χ1v) is 9.31. The molecular weight excluding hydrogens is 240 g/mol. The zero-order valence-electron chi connectivity index (χ0n) is 9.78. The van der Waals surface area contributed by atoms with E-state index in [1.807, 2.05) is 31.4 Å². The van der Waals surface area contributed by atoms with Gasteiger partial charge in [-0.05, 0) is 33.5 Å². The van der Waals surface area contributed by atoms with Crippen LogP contribution in [0.3, 0.4) is 0 Å². The van der Waals surface area contributed by atoms with Gasteiger partial charge in [0.1, 0.15) is 0 Å². The highest BCUT2D eigenvalue weighted by Gasteiger charge is 1.83. The number of unbranched alkanes of at least 4 members (excludes halogenated alkanes) is 4. The third-order valence-corrected chi connectivity index (χ3v) is 5.15. The maximum Gasteiger partial charge on any atom is -0.0158 e. The molecule has 0 bridgehead atoms. The molecule has 0 atom stereocenters. The van der Waals surface area contributed by atoms with Crippen LogP contribution in [0.4, 0.5) is 0 Å². The van der Waals surface area contributed by atoms with Crippen molar-refractivity contribution in [3.63, 3.8) is 0 Å². The predicted molar refractivity (Wildman–Crippen MR) is 80.1 cm³/mol. The van der Waals surface area contributed by atoms with Crippen molar-refractivity contribution in [1.29, 1.82) is 0 Å². The van der Waals surface area contributed by atoms with Crippen LogP contribution in [-0.4, -0.2) is 0 Å². The second kappa shape index (κ2) is 14.5. The molecule has 0 radical (unpaired) electrons. The molecule has 15 heavy (non-hydrogen) atoms. The van der Waals surface area contributed by atoms with Gasteiger partial charge in [-0.25, -0.2) is 0 Å². The molecule has 0 unspecified atom stereocenters. The average Bonchev–Trinajstić information content (AvgIpc) is 2.26. The second-order valence-electron chi connectivity index (χ2n) is 3.29. The Hall–Kier alpha value is 0.530. The van der Waals surface area contributed by atoms with E-state index in [0.717, 1.165) is 0 Å². The Kier molecular flexibility index (Phi) is 15.0. The highest BCUT2D eigenvalue weighted by Crippen LogP contribution is 2.36. The lowest BCUT2D eigenvalue weighted by Gasteiger charge is -1.91. The van der Waals surface area contributed by atoms with Crippen LogP contribution < -0.4 is 0 Å². The summed E-state index contributed by atoms with van der Waals surface area (Å²) in [6.45, 7) is 4.46. The molecule has 0 aliphatic heterocycles. The summed E-state index contributed by atoms with van der Waals surface area (Å²) in [4.78, 5) is 0. The molecule has 0 N–H and O–H groups in total. The van der Waals surface area contributed by atoms with Gasteiger partial charge in [0, 0.05) is 0 Å². The third-order valence-electron chi connectivity index (χ3n) is 1.83. The van der Waals surface area contributed by atoms with Crippen molar-refractivity contribution in [1.82, 2.24) is 0 Å². The quantitative estimate of drug-likeness (QED) is 0.329. The third kappa shape index (κ3) is 14.5. The topological polar surface area (TPSA) is 0 Å². The van der Waals surface area contributed by atoms with Gasteiger partial charge in [-0.3, -0.25) is 0 Å². The Labute approximate surface area is 107 Å². The van der Waals surface area contributed by atoms with Crippen molar-refractivity contribution in [3.05, 3.63) is 23.0 Å². The first kappa shape index (κ1) is 15.5. The van der Waals surface area contributed by atoms with Crippen LogP contribution in [0.25, 0.3) is 0 Å². The van der Waals surface area contributed by atoms with Crippen LogP contribution in [0, 0.1) is 0 Å². The smallest absolute Gasteiger partial charge is 0.0158 e. The molecule has 0 amide bonds. The summed E-state index contributed by atoms with van der Waals surface area (Å²) >= 11 is 0. The summed E-state index contributed by atoms with van der Waals surface area (Å²) in [6, 6.07) is 0. The van der Waals surface area contributed by atoms with Crippen molar-refractivity contribution in [3.8, 4) is 0 Å². The Morgan fingerprint density at radius 2 is 1.27 bits per heavy atom. The second-order valence-corrected chi connectivity index (χ2v) is 7.14. The Morgan fingerprint density at radius 3 is 1.67 bits per heavy atom. The molecule has 0 heterocycles. The van der Waals surface area contributed by atoms with E-state index in [-0.39, 0.29) is 0 Å². The number of hydrogen-bond donors (Lipinski definition) is 0. The monoisotopic (exact) mass is 262 g/mol. The SMILES string of the molecule is CCCCC=CSSSC=CCCCC. The fraction of sp³-hybridized carbons (Fsp3) is 0.667. The lowest BCUT2D eigenvalue weighted by atomic mass is 10.2. The molecule has 0 nitrogen and oxygen atoms in total. The van der Waals surface area contributed by atoms with Gasteiger partial charge >= 0.3 is 0 Å². The van der Waals surface area contributed by atoms with Gasteiger partial charge < -0.3 is 0 Å². The molecule has 0 aromatic rings. The first-order chi connectivity index (χ1) is 7.41. The average molecular weight is 263 g/mol. The standard InChI is InChI=1S/C12H22S3/c1-3-5-7-9-11-13-15-14-12-10-8-6-4-2/h9-12H,3-8H2,1-2H3. The van der Waals surface area contributed by atoms with Gasteiger partial charge in [0.25, 0.3) is 0 Å². The van der Waals surface area contributed by atoms with Crippen molar-refractivity contribution >= 4 is 31.4 Å². The van der Waals surface area contributed by atoms with Crippen molar-refractivity contribution in [2.45, 2.75) is 52.4 Å². The Morgan fingerprint density at radius 1 is 0.800 bits per heavy atom. The van der Waals surface area contributed by atoms with Crippen LogP contribution >= 0.6 is 31.4 Å². The van der Waals surface area contributed by atoms with Gasteiger partial charge in [0.05, 0.1) is 0 Å². The van der Waals surface area contributed by atoms with Gasteiger partial charge in [-0.1, -0.05) is 73.3 Å². The molecule has 0 saturated heterocycles. The summed E-state index contributed by atoms with van der Waals surface area (Å²) in [7, 11) is 5.46.